The van der Waals surface area contributed by atoms with E-state index in [-0.39, 0.29) is 12.6 Å². The van der Waals surface area contributed by atoms with Crippen LogP contribution in [-0.2, 0) is 0 Å². The number of urea groups is 1. The second-order valence-electron chi connectivity index (χ2n) is 4.24. The number of hydrogen-bond acceptors (Lipinski definition) is 2. The summed E-state index contributed by atoms with van der Waals surface area (Å²) in [5.41, 5.74) is -0.588. The predicted molar refractivity (Wildman–Crippen MR) is 56.8 cm³/mol. The van der Waals surface area contributed by atoms with Gasteiger partial charge in [-0.15, -0.1) is 0 Å². The van der Waals surface area contributed by atoms with Crippen molar-refractivity contribution < 1.29 is 9.90 Å². The lowest BCUT2D eigenvalue weighted by molar-refractivity contribution is 0.183. The third-order valence-electron chi connectivity index (χ3n) is 1.54. The van der Waals surface area contributed by atoms with Crippen molar-refractivity contribution in [1.82, 2.24) is 10.6 Å². The highest BCUT2D eigenvalue weighted by Gasteiger charge is 2.17. The Kier molecular flexibility index (Phi) is 5.23. The van der Waals surface area contributed by atoms with E-state index < -0.39 is 5.54 Å². The van der Waals surface area contributed by atoms with Gasteiger partial charge in [0, 0.05) is 6.20 Å². The van der Waals surface area contributed by atoms with E-state index in [2.05, 4.69) is 10.6 Å². The normalized spacial score (nSPS) is 12.1. The summed E-state index contributed by atoms with van der Waals surface area (Å²) in [6.45, 7) is 7.45. The summed E-state index contributed by atoms with van der Waals surface area (Å²) < 4.78 is 0. The van der Waals surface area contributed by atoms with Gasteiger partial charge in [0.25, 0.3) is 0 Å². The minimum absolute atomic E-state index is 0.0890. The highest BCUT2D eigenvalue weighted by Crippen LogP contribution is 1.98. The van der Waals surface area contributed by atoms with Crippen LogP contribution in [0.2, 0.25) is 0 Å². The molecule has 0 saturated heterocycles. The monoisotopic (exact) mass is 200 g/mol. The summed E-state index contributed by atoms with van der Waals surface area (Å²) in [6, 6.07) is -0.305. The molecule has 0 bridgehead atoms. The Morgan fingerprint density at radius 2 is 2.07 bits per heavy atom. The van der Waals surface area contributed by atoms with Crippen LogP contribution in [0, 0.1) is 5.92 Å². The van der Waals surface area contributed by atoms with Crippen LogP contribution in [0.25, 0.3) is 0 Å². The molecule has 0 unspecified atom stereocenters. The molecule has 0 spiro atoms. The van der Waals surface area contributed by atoms with Crippen LogP contribution in [0.3, 0.4) is 0 Å². The lowest BCUT2D eigenvalue weighted by atomic mass is 10.1. The zero-order chi connectivity index (χ0) is 11.2. The molecule has 4 heteroatoms. The minimum atomic E-state index is -0.588. The van der Waals surface area contributed by atoms with Crippen molar-refractivity contribution in [1.29, 1.82) is 0 Å². The fourth-order valence-electron chi connectivity index (χ4n) is 0.699. The van der Waals surface area contributed by atoms with E-state index in [1.54, 1.807) is 20.0 Å². The minimum Gasteiger partial charge on any atom is -0.394 e. The first-order valence-electron chi connectivity index (χ1n) is 4.73. The molecule has 82 valence electrons. The summed E-state index contributed by atoms with van der Waals surface area (Å²) in [7, 11) is 0. The number of allylic oxidation sites excluding steroid dienone is 1. The molecule has 0 aliphatic carbocycles. The standard InChI is InChI=1S/C10H20N2O2/c1-8(2)5-6-11-9(14)12-10(3,4)7-13/h5-6,8,13H,7H2,1-4H3,(H2,11,12,14)/b6-5+. The molecule has 3 N–H and O–H groups in total. The molecule has 0 saturated carbocycles. The summed E-state index contributed by atoms with van der Waals surface area (Å²) >= 11 is 0. The van der Waals surface area contributed by atoms with Crippen LogP contribution in [0.5, 0.6) is 0 Å². The third-order valence-corrected chi connectivity index (χ3v) is 1.54. The van der Waals surface area contributed by atoms with Gasteiger partial charge in [0.2, 0.25) is 0 Å². The smallest absolute Gasteiger partial charge is 0.319 e. The highest BCUT2D eigenvalue weighted by atomic mass is 16.3. The molecule has 0 aliphatic rings. The van der Waals surface area contributed by atoms with E-state index in [1.165, 1.54) is 0 Å². The average Bonchev–Trinajstić information content (AvgIpc) is 2.02. The number of carbonyl (C=O) groups is 1. The Labute approximate surface area is 85.4 Å². The van der Waals surface area contributed by atoms with Gasteiger partial charge in [-0.05, 0) is 19.8 Å². The molecule has 4 nitrogen and oxygen atoms in total. The maximum atomic E-state index is 11.2. The maximum absolute atomic E-state index is 11.2. The molecule has 0 aromatic rings. The van der Waals surface area contributed by atoms with Crippen LogP contribution in [0.15, 0.2) is 12.3 Å². The van der Waals surface area contributed by atoms with Crippen molar-refractivity contribution in [2.45, 2.75) is 33.2 Å². The SMILES string of the molecule is CC(C)/C=C/NC(=O)NC(C)(C)CO. The molecule has 14 heavy (non-hydrogen) atoms. The van der Waals surface area contributed by atoms with E-state index in [9.17, 15) is 4.79 Å². The van der Waals surface area contributed by atoms with Gasteiger partial charge in [0.05, 0.1) is 12.1 Å². The fourth-order valence-corrected chi connectivity index (χ4v) is 0.699. The van der Waals surface area contributed by atoms with E-state index in [4.69, 9.17) is 5.11 Å². The van der Waals surface area contributed by atoms with Gasteiger partial charge in [-0.3, -0.25) is 0 Å². The van der Waals surface area contributed by atoms with Gasteiger partial charge in [0.15, 0.2) is 0 Å². The Balaban J connectivity index is 3.88. The lowest BCUT2D eigenvalue weighted by Crippen LogP contribution is -2.49. The van der Waals surface area contributed by atoms with Gasteiger partial charge >= 0.3 is 6.03 Å². The van der Waals surface area contributed by atoms with Crippen molar-refractivity contribution in [2.24, 2.45) is 5.92 Å². The first-order valence-corrected chi connectivity index (χ1v) is 4.73. The molecule has 0 heterocycles. The highest BCUT2D eigenvalue weighted by molar-refractivity contribution is 5.75. The van der Waals surface area contributed by atoms with E-state index in [0.29, 0.717) is 5.92 Å². The number of rotatable bonds is 4. The largest absolute Gasteiger partial charge is 0.394 e. The van der Waals surface area contributed by atoms with Gasteiger partial charge in [-0.1, -0.05) is 19.9 Å². The van der Waals surface area contributed by atoms with Crippen molar-refractivity contribution in [3.8, 4) is 0 Å². The molecule has 0 radical (unpaired) electrons. The molecular formula is C10H20N2O2. The van der Waals surface area contributed by atoms with Crippen molar-refractivity contribution >= 4 is 6.03 Å². The summed E-state index contributed by atoms with van der Waals surface area (Å²) in [4.78, 5) is 11.2. The number of aliphatic hydroxyl groups excluding tert-OH is 1. The molecule has 0 aromatic heterocycles. The fraction of sp³-hybridized carbons (Fsp3) is 0.700. The molecule has 2 amide bonds. The van der Waals surface area contributed by atoms with Crippen molar-refractivity contribution in [2.75, 3.05) is 6.61 Å². The van der Waals surface area contributed by atoms with Crippen LogP contribution >= 0.6 is 0 Å². The average molecular weight is 200 g/mol. The molecule has 0 atom stereocenters. The number of nitrogens with one attached hydrogen (secondary N) is 2. The first-order chi connectivity index (χ1) is 6.37. The lowest BCUT2D eigenvalue weighted by Gasteiger charge is -2.22. The number of hydrogen-bond donors (Lipinski definition) is 3. The zero-order valence-electron chi connectivity index (χ0n) is 9.29. The Morgan fingerprint density at radius 3 is 2.50 bits per heavy atom. The van der Waals surface area contributed by atoms with Crippen molar-refractivity contribution in [3.05, 3.63) is 12.3 Å². The predicted octanol–water partition coefficient (Wildman–Crippen LogP) is 1.23. The molecule has 0 aliphatic heterocycles. The van der Waals surface area contributed by atoms with Crippen molar-refractivity contribution in [3.63, 3.8) is 0 Å². The van der Waals surface area contributed by atoms with Crippen LogP contribution in [0.4, 0.5) is 4.79 Å². The Hall–Kier alpha value is -1.03. The first kappa shape index (κ1) is 13.0. The number of aliphatic hydroxyl groups is 1. The van der Waals surface area contributed by atoms with Gasteiger partial charge in [0.1, 0.15) is 0 Å². The molecular weight excluding hydrogens is 180 g/mol. The van der Waals surface area contributed by atoms with Gasteiger partial charge in [-0.2, -0.15) is 0 Å². The summed E-state index contributed by atoms with van der Waals surface area (Å²) in [5, 5.41) is 14.1. The van der Waals surface area contributed by atoms with Gasteiger partial charge in [-0.25, -0.2) is 4.79 Å². The quantitative estimate of drug-likeness (QED) is 0.639. The van der Waals surface area contributed by atoms with Gasteiger partial charge < -0.3 is 15.7 Å². The Bertz CT molecular complexity index is 210. The van der Waals surface area contributed by atoms with Crippen LogP contribution < -0.4 is 10.6 Å². The second-order valence-corrected chi connectivity index (χ2v) is 4.24. The number of carbonyl (C=O) groups excluding carboxylic acids is 1. The maximum Gasteiger partial charge on any atom is 0.319 e. The summed E-state index contributed by atoms with van der Waals surface area (Å²) in [6.07, 6.45) is 3.49. The summed E-state index contributed by atoms with van der Waals surface area (Å²) in [5.74, 6) is 0.404. The molecule has 0 aromatic carbocycles. The second kappa shape index (κ2) is 5.65. The third kappa shape index (κ3) is 6.48. The van der Waals surface area contributed by atoms with E-state index in [0.717, 1.165) is 0 Å². The molecule has 0 fully saturated rings. The van der Waals surface area contributed by atoms with Crippen LogP contribution in [0.1, 0.15) is 27.7 Å². The number of amides is 2. The van der Waals surface area contributed by atoms with E-state index >= 15 is 0 Å². The topological polar surface area (TPSA) is 61.4 Å². The Morgan fingerprint density at radius 1 is 1.50 bits per heavy atom. The molecule has 0 rings (SSSR count). The van der Waals surface area contributed by atoms with Crippen LogP contribution in [-0.4, -0.2) is 23.3 Å². The van der Waals surface area contributed by atoms with E-state index in [1.807, 2.05) is 19.9 Å². The zero-order valence-corrected chi connectivity index (χ0v) is 9.29.